The van der Waals surface area contributed by atoms with Crippen molar-refractivity contribution in [3.05, 3.63) is 24.3 Å². The van der Waals surface area contributed by atoms with Crippen molar-refractivity contribution in [1.82, 2.24) is 0 Å². The predicted molar refractivity (Wildman–Crippen MR) is 50.9 cm³/mol. The summed E-state index contributed by atoms with van der Waals surface area (Å²) in [4.78, 5) is 10.5. The van der Waals surface area contributed by atoms with Crippen molar-refractivity contribution in [2.24, 2.45) is 5.92 Å². The summed E-state index contributed by atoms with van der Waals surface area (Å²) >= 11 is 0. The molecule has 1 rings (SSSR count). The quantitative estimate of drug-likeness (QED) is 0.356. The maximum Gasteiger partial charge on any atom is 0.149 e. The molecule has 0 heterocycles. The van der Waals surface area contributed by atoms with Gasteiger partial charge in [-0.2, -0.15) is 0 Å². The largest absolute Gasteiger partial charge is 0.298 e. The van der Waals surface area contributed by atoms with Crippen LogP contribution >= 0.6 is 0 Å². The number of carbonyl (C=O) groups is 1. The zero-order chi connectivity index (χ0) is 8.81. The van der Waals surface area contributed by atoms with Crippen molar-refractivity contribution in [3.63, 3.8) is 0 Å². The first-order chi connectivity index (χ1) is 5.86. The van der Waals surface area contributed by atoms with Gasteiger partial charge in [-0.3, -0.25) is 4.79 Å². The van der Waals surface area contributed by atoms with E-state index in [1.54, 1.807) is 6.08 Å². The number of hydrogen-bond acceptors (Lipinski definition) is 1. The van der Waals surface area contributed by atoms with E-state index in [0.717, 1.165) is 11.9 Å². The van der Waals surface area contributed by atoms with Crippen LogP contribution in [0.4, 0.5) is 0 Å². The molecule has 0 bridgehead atoms. The molecule has 1 aliphatic rings. The van der Waals surface area contributed by atoms with Gasteiger partial charge in [-0.25, -0.2) is 0 Å². The molecule has 0 aliphatic heterocycles. The average molecular weight is 164 g/mol. The highest BCUT2D eigenvalue weighted by molar-refractivity contribution is 5.77. The molecule has 0 aromatic heterocycles. The minimum Gasteiger partial charge on any atom is -0.298 e. The number of rotatable bonds is 3. The number of carbonyl (C=O) groups excluding carboxylic acids is 1. The second kappa shape index (κ2) is 4.91. The number of aldehydes is 1. The van der Waals surface area contributed by atoms with E-state index >= 15 is 0 Å². The van der Waals surface area contributed by atoms with Gasteiger partial charge < -0.3 is 0 Å². The molecule has 1 aliphatic carbocycles. The van der Waals surface area contributed by atoms with Crippen molar-refractivity contribution in [2.45, 2.75) is 32.1 Å². The third kappa shape index (κ3) is 2.65. The van der Waals surface area contributed by atoms with Crippen molar-refractivity contribution >= 4 is 6.29 Å². The summed E-state index contributed by atoms with van der Waals surface area (Å²) in [6.45, 7) is 3.60. The molecule has 0 spiro atoms. The number of hydrogen-bond donors (Lipinski definition) is 0. The van der Waals surface area contributed by atoms with Gasteiger partial charge in [-0.1, -0.05) is 38.0 Å². The Morgan fingerprint density at radius 3 is 2.42 bits per heavy atom. The Labute approximate surface area is 74.2 Å². The van der Waals surface area contributed by atoms with Gasteiger partial charge in [0.15, 0.2) is 0 Å². The van der Waals surface area contributed by atoms with Gasteiger partial charge in [0.2, 0.25) is 0 Å². The van der Waals surface area contributed by atoms with Gasteiger partial charge in [0, 0.05) is 5.57 Å². The Balaban J connectivity index is 2.50. The Kier molecular flexibility index (Phi) is 3.78. The van der Waals surface area contributed by atoms with Crippen LogP contribution in [0, 0.1) is 5.92 Å². The number of allylic oxidation sites excluding steroid dienone is 3. The maximum atomic E-state index is 10.5. The zero-order valence-electron chi connectivity index (χ0n) is 7.46. The third-order valence-corrected chi connectivity index (χ3v) is 2.45. The molecular formula is C11H16O. The summed E-state index contributed by atoms with van der Waals surface area (Å²) in [7, 11) is 0. The van der Waals surface area contributed by atoms with Crippen LogP contribution in [-0.2, 0) is 4.79 Å². The highest BCUT2D eigenvalue weighted by Gasteiger charge is 2.10. The zero-order valence-corrected chi connectivity index (χ0v) is 7.46. The van der Waals surface area contributed by atoms with E-state index in [4.69, 9.17) is 0 Å². The Hall–Kier alpha value is -0.850. The fourth-order valence-corrected chi connectivity index (χ4v) is 1.73. The first-order valence-corrected chi connectivity index (χ1v) is 4.66. The Morgan fingerprint density at radius 1 is 1.25 bits per heavy atom. The Morgan fingerprint density at radius 2 is 1.92 bits per heavy atom. The fraction of sp³-hybridized carbons (Fsp3) is 0.545. The van der Waals surface area contributed by atoms with Gasteiger partial charge in [0.1, 0.15) is 6.29 Å². The van der Waals surface area contributed by atoms with Crippen LogP contribution in [-0.4, -0.2) is 6.29 Å². The topological polar surface area (TPSA) is 17.1 Å². The van der Waals surface area contributed by atoms with Crippen molar-refractivity contribution < 1.29 is 4.79 Å². The van der Waals surface area contributed by atoms with Gasteiger partial charge in [0.05, 0.1) is 0 Å². The highest BCUT2D eigenvalue weighted by Crippen LogP contribution is 2.25. The van der Waals surface area contributed by atoms with Gasteiger partial charge >= 0.3 is 0 Å². The Bertz CT molecular complexity index is 175. The average Bonchev–Trinajstić information content (AvgIpc) is 2.16. The van der Waals surface area contributed by atoms with Crippen molar-refractivity contribution in [2.75, 3.05) is 0 Å². The molecule has 66 valence electrons. The lowest BCUT2D eigenvalue weighted by molar-refractivity contribution is -0.104. The minimum absolute atomic E-state index is 0.622. The molecule has 0 N–H and O–H groups in total. The van der Waals surface area contributed by atoms with E-state index in [0.29, 0.717) is 5.92 Å². The molecule has 1 saturated carbocycles. The summed E-state index contributed by atoms with van der Waals surface area (Å²) in [6, 6.07) is 0. The van der Waals surface area contributed by atoms with Crippen LogP contribution in [0.5, 0.6) is 0 Å². The summed E-state index contributed by atoms with van der Waals surface area (Å²) < 4.78 is 0. The van der Waals surface area contributed by atoms with Gasteiger partial charge in [0.25, 0.3) is 0 Å². The normalized spacial score (nSPS) is 20.5. The molecule has 1 fully saturated rings. The third-order valence-electron chi connectivity index (χ3n) is 2.45. The molecule has 0 saturated heterocycles. The predicted octanol–water partition coefficient (Wildman–Crippen LogP) is 2.88. The molecular weight excluding hydrogens is 148 g/mol. The second-order valence-corrected chi connectivity index (χ2v) is 3.39. The van der Waals surface area contributed by atoms with E-state index in [-0.39, 0.29) is 0 Å². The summed E-state index contributed by atoms with van der Waals surface area (Å²) in [5.41, 5.74) is 0.752. The van der Waals surface area contributed by atoms with Crippen molar-refractivity contribution in [1.29, 1.82) is 0 Å². The van der Waals surface area contributed by atoms with Gasteiger partial charge in [-0.05, 0) is 18.8 Å². The molecule has 0 amide bonds. The monoisotopic (exact) mass is 164 g/mol. The lowest BCUT2D eigenvalue weighted by Gasteiger charge is -2.18. The highest BCUT2D eigenvalue weighted by atomic mass is 16.1. The van der Waals surface area contributed by atoms with Crippen LogP contribution in [0.15, 0.2) is 24.3 Å². The second-order valence-electron chi connectivity index (χ2n) is 3.39. The van der Waals surface area contributed by atoms with Crippen LogP contribution in [0.1, 0.15) is 32.1 Å². The molecule has 0 aromatic carbocycles. The SMILES string of the molecule is C=C/C(C=O)=C\C1CCCCC1. The van der Waals surface area contributed by atoms with Gasteiger partial charge in [-0.15, -0.1) is 0 Å². The first-order valence-electron chi connectivity index (χ1n) is 4.66. The fourth-order valence-electron chi connectivity index (χ4n) is 1.73. The summed E-state index contributed by atoms with van der Waals surface area (Å²) in [5, 5.41) is 0. The van der Waals surface area contributed by atoms with E-state index in [9.17, 15) is 4.79 Å². The molecule has 0 aromatic rings. The van der Waals surface area contributed by atoms with Crippen LogP contribution in [0.3, 0.4) is 0 Å². The standard InChI is InChI=1S/C11H16O/c1-2-10(9-12)8-11-6-4-3-5-7-11/h2,8-9,11H,1,3-7H2/b10-8+. The van der Waals surface area contributed by atoms with Crippen LogP contribution < -0.4 is 0 Å². The lowest BCUT2D eigenvalue weighted by atomic mass is 9.88. The van der Waals surface area contributed by atoms with E-state index in [2.05, 4.69) is 12.7 Å². The molecule has 1 nitrogen and oxygen atoms in total. The molecule has 0 unspecified atom stereocenters. The van der Waals surface area contributed by atoms with E-state index in [1.807, 2.05) is 0 Å². The minimum atomic E-state index is 0.622. The summed E-state index contributed by atoms with van der Waals surface area (Å²) in [6.07, 6.45) is 11.1. The molecule has 1 heteroatoms. The smallest absolute Gasteiger partial charge is 0.149 e. The molecule has 12 heavy (non-hydrogen) atoms. The maximum absolute atomic E-state index is 10.5. The van der Waals surface area contributed by atoms with Crippen LogP contribution in [0.25, 0.3) is 0 Å². The molecule has 0 radical (unpaired) electrons. The van der Waals surface area contributed by atoms with E-state index < -0.39 is 0 Å². The first kappa shape index (κ1) is 9.24. The van der Waals surface area contributed by atoms with Crippen LogP contribution in [0.2, 0.25) is 0 Å². The lowest BCUT2D eigenvalue weighted by Crippen LogP contribution is -2.03. The van der Waals surface area contributed by atoms with E-state index in [1.165, 1.54) is 32.1 Å². The van der Waals surface area contributed by atoms with Crippen molar-refractivity contribution in [3.8, 4) is 0 Å². The summed E-state index contributed by atoms with van der Waals surface area (Å²) in [5.74, 6) is 0.622. The molecule has 0 atom stereocenters.